The Morgan fingerprint density at radius 1 is 0.812 bits per heavy atom. The SMILES string of the molecule is CI.CN(C(=O)c1cnc(CCl)n1C)c1cccnc1.CN(C(=O)c1cnc(Cn2cccn2)n1C)c1cccnc1.[H-].[Na+].c1cn[nH]c1. The van der Waals surface area contributed by atoms with Gasteiger partial charge in [0.05, 0.1) is 48.6 Å². The van der Waals surface area contributed by atoms with Crippen LogP contribution in [0.3, 0.4) is 0 Å². The molecule has 0 fully saturated rings. The van der Waals surface area contributed by atoms with Gasteiger partial charge < -0.3 is 20.4 Å². The van der Waals surface area contributed by atoms with Gasteiger partial charge in [0.15, 0.2) is 0 Å². The first-order chi connectivity index (χ1) is 22.8. The molecule has 48 heavy (non-hydrogen) atoms. The zero-order valence-electron chi connectivity index (χ0n) is 28.6. The number of alkyl halides is 2. The molecule has 248 valence electrons. The molecule has 0 spiro atoms. The number of aromatic nitrogens is 10. The Labute approximate surface area is 321 Å². The first kappa shape index (κ1) is 40.3. The van der Waals surface area contributed by atoms with E-state index < -0.39 is 0 Å². The molecule has 0 aliphatic carbocycles. The van der Waals surface area contributed by atoms with Crippen LogP contribution in [0.25, 0.3) is 0 Å². The summed E-state index contributed by atoms with van der Waals surface area (Å²) in [6, 6.07) is 10.9. The molecule has 2 amide bonds. The second kappa shape index (κ2) is 21.1. The quantitative estimate of drug-likeness (QED) is 0.146. The molecule has 6 aromatic heterocycles. The van der Waals surface area contributed by atoms with Crippen molar-refractivity contribution in [3.05, 3.63) is 121 Å². The van der Waals surface area contributed by atoms with Crippen molar-refractivity contribution in [2.24, 2.45) is 14.1 Å². The number of imidazole rings is 2. The largest absolute Gasteiger partial charge is 1.00 e. The Hall–Kier alpha value is -3.90. The normalized spacial score (nSPS) is 9.73. The third-order valence-corrected chi connectivity index (χ3v) is 6.91. The van der Waals surface area contributed by atoms with Gasteiger partial charge in [0, 0.05) is 65.4 Å². The minimum absolute atomic E-state index is 0. The van der Waals surface area contributed by atoms with Crippen LogP contribution in [-0.4, -0.2) is 79.9 Å². The first-order valence-electron chi connectivity index (χ1n) is 14.0. The number of carbonyl (C=O) groups is 2. The average Bonchev–Trinajstić information content (AvgIpc) is 3.97. The van der Waals surface area contributed by atoms with Crippen molar-refractivity contribution in [1.29, 1.82) is 0 Å². The third kappa shape index (κ3) is 11.1. The molecule has 0 aliphatic heterocycles. The average molecular weight is 795 g/mol. The maximum atomic E-state index is 12.6. The van der Waals surface area contributed by atoms with Gasteiger partial charge in [-0.05, 0) is 41.3 Å². The van der Waals surface area contributed by atoms with Gasteiger partial charge >= 0.3 is 29.6 Å². The number of H-pyrrole nitrogens is 1. The zero-order valence-corrected chi connectivity index (χ0v) is 32.6. The molecule has 6 heterocycles. The van der Waals surface area contributed by atoms with Gasteiger partial charge in [0.1, 0.15) is 23.0 Å². The number of carbonyl (C=O) groups excluding carboxylic acids is 2. The fraction of sp³-hybridized carbons (Fsp3) is 0.226. The molecular weight excluding hydrogens is 758 g/mol. The summed E-state index contributed by atoms with van der Waals surface area (Å²) in [5.74, 6) is 1.44. The van der Waals surface area contributed by atoms with E-state index in [0.29, 0.717) is 23.8 Å². The Balaban J connectivity index is 0.000000401. The molecular formula is C31H37ClIN12NaO2. The van der Waals surface area contributed by atoms with Crippen LogP contribution < -0.4 is 39.4 Å². The number of nitrogens with zero attached hydrogens (tertiary/aromatic N) is 11. The standard InChI is InChI=1S/C15H16N6O.C12H13ClN4O.C3H4N2.CH3I.Na.H/c1-19(12-5-3-6-16-9-12)15(22)13-10-17-14(20(13)2)11-21-8-4-7-18-21;1-16(9-4-3-5-14-7-9)12(18)10-8-15-11(6-13)17(10)2;1-2-4-5-3-1;1-2;;/h3-10H,11H2,1-2H3;3-5,7-8H,6H2,1-2H3;1-3H,(H,4,5);1H3;;/q;;;;+1;-1. The number of amides is 2. The summed E-state index contributed by atoms with van der Waals surface area (Å²) >= 11 is 7.88. The van der Waals surface area contributed by atoms with E-state index in [9.17, 15) is 9.59 Å². The van der Waals surface area contributed by atoms with E-state index in [4.69, 9.17) is 11.6 Å². The predicted octanol–water partition coefficient (Wildman–Crippen LogP) is 1.74. The number of halogens is 2. The number of hydrogen-bond acceptors (Lipinski definition) is 8. The van der Waals surface area contributed by atoms with Gasteiger partial charge in [0.2, 0.25) is 0 Å². The maximum Gasteiger partial charge on any atom is 1.00 e. The Morgan fingerprint density at radius 3 is 1.73 bits per heavy atom. The van der Waals surface area contributed by atoms with Gasteiger partial charge in [-0.25, -0.2) is 9.97 Å². The van der Waals surface area contributed by atoms with E-state index in [1.54, 1.807) is 102 Å². The van der Waals surface area contributed by atoms with Gasteiger partial charge in [0.25, 0.3) is 11.8 Å². The molecule has 1 N–H and O–H groups in total. The molecule has 6 rings (SSSR count). The predicted molar refractivity (Wildman–Crippen MR) is 191 cm³/mol. The minimum atomic E-state index is -0.144. The molecule has 14 nitrogen and oxygen atoms in total. The molecule has 0 aromatic carbocycles. The van der Waals surface area contributed by atoms with E-state index in [2.05, 4.69) is 57.8 Å². The summed E-state index contributed by atoms with van der Waals surface area (Å²) in [5, 5.41) is 10.4. The number of aromatic amines is 1. The molecule has 0 saturated carbocycles. The van der Waals surface area contributed by atoms with Crippen LogP contribution in [0.4, 0.5) is 11.4 Å². The number of rotatable bonds is 7. The van der Waals surface area contributed by atoms with E-state index in [1.807, 2.05) is 42.4 Å². The summed E-state index contributed by atoms with van der Waals surface area (Å²) in [6.07, 6.45) is 16.8. The minimum Gasteiger partial charge on any atom is -1.00 e. The molecule has 0 radical (unpaired) electrons. The van der Waals surface area contributed by atoms with Crippen molar-refractivity contribution in [1.82, 2.24) is 49.0 Å². The number of nitrogens with one attached hydrogen (secondary N) is 1. The molecule has 0 unspecified atom stereocenters. The van der Waals surface area contributed by atoms with Crippen LogP contribution in [0.1, 0.15) is 34.1 Å². The zero-order chi connectivity index (χ0) is 34.2. The van der Waals surface area contributed by atoms with Crippen molar-refractivity contribution in [3.63, 3.8) is 0 Å². The van der Waals surface area contributed by atoms with E-state index >= 15 is 0 Å². The smallest absolute Gasteiger partial charge is 1.00 e. The van der Waals surface area contributed by atoms with E-state index in [1.165, 1.54) is 11.1 Å². The van der Waals surface area contributed by atoms with Crippen molar-refractivity contribution < 1.29 is 40.6 Å². The van der Waals surface area contributed by atoms with Crippen LogP contribution in [-0.2, 0) is 26.5 Å². The van der Waals surface area contributed by atoms with Crippen molar-refractivity contribution in [3.8, 4) is 0 Å². The van der Waals surface area contributed by atoms with Crippen molar-refractivity contribution in [2.45, 2.75) is 12.4 Å². The number of pyridine rings is 2. The van der Waals surface area contributed by atoms with Gasteiger partial charge in [-0.1, -0.05) is 22.6 Å². The van der Waals surface area contributed by atoms with Crippen molar-refractivity contribution >= 4 is 57.4 Å². The second-order valence-electron chi connectivity index (χ2n) is 9.49. The van der Waals surface area contributed by atoms with Gasteiger partial charge in [-0.15, -0.1) is 11.6 Å². The third-order valence-electron chi connectivity index (χ3n) is 6.67. The van der Waals surface area contributed by atoms with E-state index in [0.717, 1.165) is 17.2 Å². The first-order valence-corrected chi connectivity index (χ1v) is 16.7. The van der Waals surface area contributed by atoms with Crippen LogP contribution in [0.2, 0.25) is 0 Å². The Kier molecular flexibility index (Phi) is 17.7. The summed E-state index contributed by atoms with van der Waals surface area (Å²) < 4.78 is 5.25. The molecule has 6 aromatic rings. The number of anilines is 2. The van der Waals surface area contributed by atoms with Gasteiger partial charge in [-0.2, -0.15) is 10.2 Å². The van der Waals surface area contributed by atoms with Crippen LogP contribution in [0.5, 0.6) is 0 Å². The van der Waals surface area contributed by atoms with Crippen LogP contribution in [0.15, 0.2) is 98.4 Å². The fourth-order valence-electron chi connectivity index (χ4n) is 4.00. The van der Waals surface area contributed by atoms with Crippen LogP contribution in [0, 0.1) is 0 Å². The molecule has 17 heteroatoms. The van der Waals surface area contributed by atoms with Crippen molar-refractivity contribution in [2.75, 3.05) is 28.8 Å². The molecule has 0 saturated heterocycles. The van der Waals surface area contributed by atoms with Gasteiger partial charge in [-0.3, -0.25) is 29.3 Å². The molecule has 0 atom stereocenters. The Morgan fingerprint density at radius 2 is 1.35 bits per heavy atom. The topological polar surface area (TPSA) is 149 Å². The maximum absolute atomic E-state index is 12.6. The summed E-state index contributed by atoms with van der Waals surface area (Å²) in [6.45, 7) is 0.521. The summed E-state index contributed by atoms with van der Waals surface area (Å²) in [7, 11) is 7.03. The number of hydrogen-bond donors (Lipinski definition) is 1. The molecule has 0 bridgehead atoms. The fourth-order valence-corrected chi connectivity index (χ4v) is 4.25. The van der Waals surface area contributed by atoms with Crippen LogP contribution >= 0.6 is 34.2 Å². The second-order valence-corrected chi connectivity index (χ2v) is 9.76. The monoisotopic (exact) mass is 794 g/mol. The molecule has 0 aliphatic rings. The summed E-state index contributed by atoms with van der Waals surface area (Å²) in [5.41, 5.74) is 2.49. The summed E-state index contributed by atoms with van der Waals surface area (Å²) in [4.78, 5) is 46.4. The van der Waals surface area contributed by atoms with E-state index in [-0.39, 0.29) is 48.7 Å². The Bertz CT molecular complexity index is 1760.